The molecule has 1 fully saturated rings. The van der Waals surface area contributed by atoms with E-state index in [2.05, 4.69) is 0 Å². The van der Waals surface area contributed by atoms with Crippen LogP contribution >= 0.6 is 0 Å². The Bertz CT molecular complexity index is 517. The van der Waals surface area contributed by atoms with Crippen molar-refractivity contribution in [1.29, 1.82) is 0 Å². The van der Waals surface area contributed by atoms with Gasteiger partial charge < -0.3 is 5.73 Å². The van der Waals surface area contributed by atoms with Gasteiger partial charge in [0.1, 0.15) is 5.82 Å². The summed E-state index contributed by atoms with van der Waals surface area (Å²) in [6.45, 7) is 0.579. The third kappa shape index (κ3) is 1.61. The van der Waals surface area contributed by atoms with Gasteiger partial charge in [0.05, 0.1) is 5.69 Å². The molecule has 0 saturated carbocycles. The molecule has 0 aliphatic carbocycles. The molecule has 0 bridgehead atoms. The molecule has 0 aromatic heterocycles. The fourth-order valence-electron chi connectivity index (χ4n) is 1.60. The maximum atomic E-state index is 13.5. The van der Waals surface area contributed by atoms with E-state index in [0.29, 0.717) is 12.2 Å². The summed E-state index contributed by atoms with van der Waals surface area (Å²) >= 11 is 0. The number of halogens is 1. The maximum absolute atomic E-state index is 13.5. The number of likely N-dealkylation sites (N-methyl/N-ethyl adjacent to an activating group) is 1. The van der Waals surface area contributed by atoms with Gasteiger partial charge in [-0.2, -0.15) is 12.7 Å². The lowest BCUT2D eigenvalue weighted by Crippen LogP contribution is -2.31. The Hall–Kier alpha value is -1.34. The van der Waals surface area contributed by atoms with Crippen molar-refractivity contribution < 1.29 is 12.8 Å². The first-order valence-corrected chi connectivity index (χ1v) is 6.11. The summed E-state index contributed by atoms with van der Waals surface area (Å²) in [6.07, 6.45) is 0. The third-order valence-electron chi connectivity index (χ3n) is 2.53. The first kappa shape index (κ1) is 11.2. The van der Waals surface area contributed by atoms with Crippen molar-refractivity contribution in [3.8, 4) is 0 Å². The first-order chi connectivity index (χ1) is 7.43. The summed E-state index contributed by atoms with van der Waals surface area (Å²) in [5.41, 5.74) is 5.85. The molecule has 1 aliphatic heterocycles. The molecular weight excluding hydrogens is 233 g/mol. The molecule has 5 nitrogen and oxygen atoms in total. The molecule has 0 unspecified atom stereocenters. The lowest BCUT2D eigenvalue weighted by atomic mass is 10.2. The highest BCUT2D eigenvalue weighted by Crippen LogP contribution is 2.28. The van der Waals surface area contributed by atoms with E-state index < -0.39 is 16.0 Å². The Morgan fingerprint density at radius 3 is 2.62 bits per heavy atom. The summed E-state index contributed by atoms with van der Waals surface area (Å²) in [5, 5.41) is 0. The van der Waals surface area contributed by atoms with E-state index >= 15 is 0 Å². The molecule has 1 aromatic carbocycles. The zero-order chi connectivity index (χ0) is 11.9. The fourth-order valence-corrected chi connectivity index (χ4v) is 2.95. The number of nitrogens with two attached hydrogens (primary N) is 1. The summed E-state index contributed by atoms with van der Waals surface area (Å²) in [7, 11) is -2.13. The van der Waals surface area contributed by atoms with E-state index in [-0.39, 0.29) is 12.2 Å². The molecule has 0 amide bonds. The zero-order valence-corrected chi connectivity index (χ0v) is 9.54. The van der Waals surface area contributed by atoms with Crippen LogP contribution in [-0.2, 0) is 10.2 Å². The second-order valence-corrected chi connectivity index (χ2v) is 5.57. The number of hydrogen-bond acceptors (Lipinski definition) is 3. The quantitative estimate of drug-likeness (QED) is 0.728. The molecule has 7 heteroatoms. The SMILES string of the molecule is CN1CCN(c2cc(N)ccc2F)S1(=O)=O. The smallest absolute Gasteiger partial charge is 0.304 e. The maximum Gasteiger partial charge on any atom is 0.304 e. The highest BCUT2D eigenvalue weighted by Gasteiger charge is 2.35. The van der Waals surface area contributed by atoms with Crippen molar-refractivity contribution in [3.05, 3.63) is 24.0 Å². The van der Waals surface area contributed by atoms with Crippen LogP contribution in [0.15, 0.2) is 18.2 Å². The van der Waals surface area contributed by atoms with Crippen LogP contribution in [0.3, 0.4) is 0 Å². The molecule has 0 radical (unpaired) electrons. The predicted molar refractivity (Wildman–Crippen MR) is 59.7 cm³/mol. The minimum Gasteiger partial charge on any atom is -0.399 e. The number of benzene rings is 1. The van der Waals surface area contributed by atoms with Gasteiger partial charge in [-0.3, -0.25) is 4.31 Å². The van der Waals surface area contributed by atoms with Crippen LogP contribution in [0.1, 0.15) is 0 Å². The van der Waals surface area contributed by atoms with Gasteiger partial charge in [0.2, 0.25) is 0 Å². The second-order valence-electron chi connectivity index (χ2n) is 3.61. The Morgan fingerprint density at radius 1 is 1.38 bits per heavy atom. The molecule has 16 heavy (non-hydrogen) atoms. The van der Waals surface area contributed by atoms with E-state index in [9.17, 15) is 12.8 Å². The van der Waals surface area contributed by atoms with Crippen LogP contribution in [0.5, 0.6) is 0 Å². The number of anilines is 2. The monoisotopic (exact) mass is 245 g/mol. The van der Waals surface area contributed by atoms with Crippen LogP contribution in [0.2, 0.25) is 0 Å². The van der Waals surface area contributed by atoms with Crippen LogP contribution in [0, 0.1) is 5.82 Å². The summed E-state index contributed by atoms with van der Waals surface area (Å²) < 4.78 is 39.3. The molecule has 1 heterocycles. The fraction of sp³-hybridized carbons (Fsp3) is 0.333. The van der Waals surface area contributed by atoms with Gasteiger partial charge in [-0.15, -0.1) is 0 Å². The minimum absolute atomic E-state index is 0.00403. The van der Waals surface area contributed by atoms with Gasteiger partial charge in [-0.25, -0.2) is 4.39 Å². The number of nitrogens with zero attached hydrogens (tertiary/aromatic N) is 2. The van der Waals surface area contributed by atoms with Crippen molar-refractivity contribution in [2.24, 2.45) is 0 Å². The van der Waals surface area contributed by atoms with Crippen molar-refractivity contribution in [2.45, 2.75) is 0 Å². The Kier molecular flexibility index (Phi) is 2.51. The Morgan fingerprint density at radius 2 is 2.06 bits per heavy atom. The molecule has 1 aliphatic rings. The topological polar surface area (TPSA) is 66.6 Å². The van der Waals surface area contributed by atoms with E-state index in [1.165, 1.54) is 29.6 Å². The number of rotatable bonds is 1. The van der Waals surface area contributed by atoms with E-state index in [1.807, 2.05) is 0 Å². The van der Waals surface area contributed by atoms with Gasteiger partial charge in [0.15, 0.2) is 0 Å². The van der Waals surface area contributed by atoms with Crippen LogP contribution in [0.25, 0.3) is 0 Å². The van der Waals surface area contributed by atoms with Crippen LogP contribution in [0.4, 0.5) is 15.8 Å². The Balaban J connectivity index is 2.50. The Labute approximate surface area is 93.4 Å². The molecule has 88 valence electrons. The van der Waals surface area contributed by atoms with E-state index in [4.69, 9.17) is 5.73 Å². The first-order valence-electron chi connectivity index (χ1n) is 4.72. The van der Waals surface area contributed by atoms with Crippen LogP contribution < -0.4 is 10.0 Å². The van der Waals surface area contributed by atoms with Gasteiger partial charge >= 0.3 is 10.2 Å². The molecule has 2 N–H and O–H groups in total. The molecule has 2 rings (SSSR count). The predicted octanol–water partition coefficient (Wildman–Crippen LogP) is 0.404. The van der Waals surface area contributed by atoms with Crippen molar-refractivity contribution in [1.82, 2.24) is 4.31 Å². The van der Waals surface area contributed by atoms with Crippen molar-refractivity contribution in [2.75, 3.05) is 30.2 Å². The second kappa shape index (κ2) is 3.60. The number of hydrogen-bond donors (Lipinski definition) is 1. The zero-order valence-electron chi connectivity index (χ0n) is 8.72. The van der Waals surface area contributed by atoms with Gasteiger partial charge in [0.25, 0.3) is 0 Å². The highest BCUT2D eigenvalue weighted by molar-refractivity contribution is 7.90. The van der Waals surface area contributed by atoms with E-state index in [0.717, 1.165) is 4.31 Å². The normalized spacial score (nSPS) is 20.2. The lowest BCUT2D eigenvalue weighted by Gasteiger charge is -2.18. The number of nitrogen functional groups attached to an aromatic ring is 1. The molecule has 1 saturated heterocycles. The van der Waals surface area contributed by atoms with Gasteiger partial charge in [-0.05, 0) is 18.2 Å². The highest BCUT2D eigenvalue weighted by atomic mass is 32.2. The average molecular weight is 245 g/mol. The third-order valence-corrected chi connectivity index (χ3v) is 4.44. The standard InChI is InChI=1S/C9H12FN3O2S/c1-12-4-5-13(16(12,14)15)9-6-7(11)2-3-8(9)10/h2-3,6H,4-5,11H2,1H3. The van der Waals surface area contributed by atoms with Crippen molar-refractivity contribution >= 4 is 21.6 Å². The summed E-state index contributed by atoms with van der Waals surface area (Å²) in [5.74, 6) is -0.590. The van der Waals surface area contributed by atoms with Gasteiger partial charge in [-0.1, -0.05) is 0 Å². The van der Waals surface area contributed by atoms with Crippen molar-refractivity contribution in [3.63, 3.8) is 0 Å². The lowest BCUT2D eigenvalue weighted by molar-refractivity contribution is 0.511. The largest absolute Gasteiger partial charge is 0.399 e. The van der Waals surface area contributed by atoms with Gasteiger partial charge in [0, 0.05) is 25.8 Å². The minimum atomic E-state index is -3.59. The molecule has 0 spiro atoms. The molecule has 0 atom stereocenters. The molecule has 1 aromatic rings. The van der Waals surface area contributed by atoms with E-state index in [1.54, 1.807) is 0 Å². The average Bonchev–Trinajstić information content (AvgIpc) is 2.47. The summed E-state index contributed by atoms with van der Waals surface area (Å²) in [4.78, 5) is 0. The van der Waals surface area contributed by atoms with Crippen LogP contribution in [-0.4, -0.2) is 32.9 Å². The molecular formula is C9H12FN3O2S. The summed E-state index contributed by atoms with van der Waals surface area (Å²) in [6, 6.07) is 3.88.